The van der Waals surface area contributed by atoms with Crippen LogP contribution in [-0.4, -0.2) is 12.1 Å². The topological polar surface area (TPSA) is 52.0 Å². The molecule has 2 rings (SSSR count). The van der Waals surface area contributed by atoms with E-state index >= 15 is 0 Å². The highest BCUT2D eigenvalue weighted by atomic mass is 14.7. The van der Waals surface area contributed by atoms with Crippen molar-refractivity contribution in [2.24, 2.45) is 47.0 Å². The summed E-state index contributed by atoms with van der Waals surface area (Å²) in [6.07, 6.45) is 9.23. The van der Waals surface area contributed by atoms with E-state index in [4.69, 9.17) is 11.5 Å². The fourth-order valence-electron chi connectivity index (χ4n) is 5.65. The summed E-state index contributed by atoms with van der Waals surface area (Å²) in [5.74, 6) is 4.92. The van der Waals surface area contributed by atoms with Crippen LogP contribution in [0.2, 0.25) is 0 Å². The molecule has 2 saturated carbocycles. The van der Waals surface area contributed by atoms with Crippen LogP contribution in [0.3, 0.4) is 0 Å². The van der Waals surface area contributed by atoms with Crippen LogP contribution in [0.4, 0.5) is 0 Å². The van der Waals surface area contributed by atoms with E-state index in [1.807, 2.05) is 0 Å². The molecule has 2 fully saturated rings. The van der Waals surface area contributed by atoms with E-state index < -0.39 is 0 Å². The smallest absolute Gasteiger partial charge is 0.00673 e. The molecule has 2 aliphatic carbocycles. The van der Waals surface area contributed by atoms with Crippen LogP contribution in [0.25, 0.3) is 0 Å². The van der Waals surface area contributed by atoms with Gasteiger partial charge in [0.25, 0.3) is 0 Å². The van der Waals surface area contributed by atoms with E-state index in [2.05, 4.69) is 27.7 Å². The molecule has 8 atom stereocenters. The summed E-state index contributed by atoms with van der Waals surface area (Å²) in [6.45, 7) is 9.51. The second-order valence-electron chi connectivity index (χ2n) is 8.10. The Labute approximate surface area is 132 Å². The van der Waals surface area contributed by atoms with E-state index in [-0.39, 0.29) is 0 Å². The van der Waals surface area contributed by atoms with Crippen LogP contribution in [0.5, 0.6) is 0 Å². The van der Waals surface area contributed by atoms with Crippen molar-refractivity contribution in [3.63, 3.8) is 0 Å². The van der Waals surface area contributed by atoms with Gasteiger partial charge in [0.2, 0.25) is 0 Å². The third-order valence-electron chi connectivity index (χ3n) is 7.20. The van der Waals surface area contributed by atoms with Crippen molar-refractivity contribution in [2.45, 2.75) is 84.7 Å². The van der Waals surface area contributed by atoms with E-state index in [1.54, 1.807) is 0 Å². The predicted molar refractivity (Wildman–Crippen MR) is 91.9 cm³/mol. The first-order valence-electron chi connectivity index (χ1n) is 9.50. The van der Waals surface area contributed by atoms with Crippen LogP contribution >= 0.6 is 0 Å². The summed E-state index contributed by atoms with van der Waals surface area (Å²) in [4.78, 5) is 0. The molecule has 0 amide bonds. The van der Waals surface area contributed by atoms with Crippen LogP contribution in [0.15, 0.2) is 0 Å². The average Bonchev–Trinajstić information content (AvgIpc) is 2.47. The molecule has 0 saturated heterocycles. The molecule has 0 aromatic heterocycles. The molecule has 2 heteroatoms. The fourth-order valence-corrected chi connectivity index (χ4v) is 5.65. The SMILES string of the molecule is CCC1C(CC2CCC(N)C(C)C2CC)CCC(N)C1C. The third kappa shape index (κ3) is 3.64. The zero-order valence-electron chi connectivity index (χ0n) is 14.7. The molecule has 21 heavy (non-hydrogen) atoms. The second kappa shape index (κ2) is 7.46. The molecule has 8 unspecified atom stereocenters. The van der Waals surface area contributed by atoms with Crippen molar-refractivity contribution in [3.05, 3.63) is 0 Å². The largest absolute Gasteiger partial charge is 0.327 e. The second-order valence-corrected chi connectivity index (χ2v) is 8.10. The number of rotatable bonds is 4. The normalized spacial score (nSPS) is 48.3. The van der Waals surface area contributed by atoms with Gasteiger partial charge in [0.15, 0.2) is 0 Å². The first-order chi connectivity index (χ1) is 9.99. The van der Waals surface area contributed by atoms with Crippen LogP contribution < -0.4 is 11.5 Å². The highest BCUT2D eigenvalue weighted by Crippen LogP contribution is 2.45. The van der Waals surface area contributed by atoms with E-state index in [1.165, 1.54) is 44.9 Å². The molecule has 0 aliphatic heterocycles. The first kappa shape index (κ1) is 17.3. The van der Waals surface area contributed by atoms with Crippen LogP contribution in [0, 0.1) is 35.5 Å². The zero-order valence-corrected chi connectivity index (χ0v) is 14.7. The monoisotopic (exact) mass is 294 g/mol. The summed E-state index contributed by atoms with van der Waals surface area (Å²) in [5.41, 5.74) is 12.6. The first-order valence-corrected chi connectivity index (χ1v) is 9.50. The predicted octanol–water partition coefficient (Wildman–Crippen LogP) is 4.18. The minimum Gasteiger partial charge on any atom is -0.327 e. The average molecular weight is 295 g/mol. The molecule has 4 N–H and O–H groups in total. The summed E-state index contributed by atoms with van der Waals surface area (Å²) in [6, 6.07) is 0.874. The quantitative estimate of drug-likeness (QED) is 0.817. The minimum atomic E-state index is 0.437. The van der Waals surface area contributed by atoms with Crippen molar-refractivity contribution in [1.29, 1.82) is 0 Å². The Morgan fingerprint density at radius 3 is 1.43 bits per heavy atom. The minimum absolute atomic E-state index is 0.437. The molecule has 124 valence electrons. The highest BCUT2D eigenvalue weighted by Gasteiger charge is 2.39. The van der Waals surface area contributed by atoms with Gasteiger partial charge in [0.05, 0.1) is 0 Å². The molecule has 0 radical (unpaired) electrons. The summed E-state index contributed by atoms with van der Waals surface area (Å²) >= 11 is 0. The van der Waals surface area contributed by atoms with Gasteiger partial charge in [-0.15, -0.1) is 0 Å². The van der Waals surface area contributed by atoms with Gasteiger partial charge >= 0.3 is 0 Å². The van der Waals surface area contributed by atoms with Gasteiger partial charge in [-0.1, -0.05) is 40.5 Å². The number of hydrogen-bond donors (Lipinski definition) is 2. The van der Waals surface area contributed by atoms with Crippen molar-refractivity contribution >= 4 is 0 Å². The maximum atomic E-state index is 6.32. The van der Waals surface area contributed by atoms with Gasteiger partial charge in [-0.25, -0.2) is 0 Å². The molecular weight excluding hydrogens is 256 g/mol. The molecular formula is C19H38N2. The Morgan fingerprint density at radius 2 is 1.10 bits per heavy atom. The van der Waals surface area contributed by atoms with Crippen molar-refractivity contribution in [2.75, 3.05) is 0 Å². The van der Waals surface area contributed by atoms with Crippen molar-refractivity contribution in [3.8, 4) is 0 Å². The lowest BCUT2D eigenvalue weighted by atomic mass is 9.61. The Hall–Kier alpha value is -0.0800. The third-order valence-corrected chi connectivity index (χ3v) is 7.20. The lowest BCUT2D eigenvalue weighted by Crippen LogP contribution is -2.44. The number of nitrogens with two attached hydrogens (primary N) is 2. The summed E-state index contributed by atoms with van der Waals surface area (Å²) < 4.78 is 0. The van der Waals surface area contributed by atoms with Gasteiger partial charge in [0.1, 0.15) is 0 Å². The molecule has 0 aromatic rings. The molecule has 0 aromatic carbocycles. The molecule has 2 aliphatic rings. The van der Waals surface area contributed by atoms with E-state index in [9.17, 15) is 0 Å². The Bertz CT molecular complexity index is 287. The molecule has 0 bridgehead atoms. The zero-order chi connectivity index (χ0) is 15.6. The van der Waals surface area contributed by atoms with Crippen LogP contribution in [-0.2, 0) is 0 Å². The summed E-state index contributed by atoms with van der Waals surface area (Å²) in [7, 11) is 0. The maximum Gasteiger partial charge on any atom is 0.00673 e. The van der Waals surface area contributed by atoms with Crippen molar-refractivity contribution < 1.29 is 0 Å². The van der Waals surface area contributed by atoms with Gasteiger partial charge in [-0.05, 0) is 67.6 Å². The van der Waals surface area contributed by atoms with Gasteiger partial charge in [0, 0.05) is 12.1 Å². The van der Waals surface area contributed by atoms with E-state index in [0.717, 1.165) is 23.7 Å². The molecule has 2 nitrogen and oxygen atoms in total. The Morgan fingerprint density at radius 1 is 0.714 bits per heavy atom. The highest BCUT2D eigenvalue weighted by molar-refractivity contribution is 4.92. The van der Waals surface area contributed by atoms with Gasteiger partial charge in [-0.2, -0.15) is 0 Å². The van der Waals surface area contributed by atoms with Gasteiger partial charge in [-0.3, -0.25) is 0 Å². The Balaban J connectivity index is 2.02. The van der Waals surface area contributed by atoms with Gasteiger partial charge < -0.3 is 11.5 Å². The number of hydrogen-bond acceptors (Lipinski definition) is 2. The standard InChI is InChI=1S/C19H38N2/c1-5-16-12(3)18(20)9-7-14(16)11-15-8-10-19(21)13(4)17(15)6-2/h12-19H,5-11,20-21H2,1-4H3. The fraction of sp³-hybridized carbons (Fsp3) is 1.00. The summed E-state index contributed by atoms with van der Waals surface area (Å²) in [5, 5.41) is 0. The lowest BCUT2D eigenvalue weighted by Gasteiger charge is -2.45. The molecule has 0 heterocycles. The van der Waals surface area contributed by atoms with Crippen LogP contribution in [0.1, 0.15) is 72.6 Å². The van der Waals surface area contributed by atoms with E-state index in [0.29, 0.717) is 23.9 Å². The maximum absolute atomic E-state index is 6.32. The molecule has 0 spiro atoms. The van der Waals surface area contributed by atoms with Crippen molar-refractivity contribution in [1.82, 2.24) is 0 Å². The lowest BCUT2D eigenvalue weighted by molar-refractivity contribution is 0.0650. The Kier molecular flexibility index (Phi) is 6.14.